The zero-order valence-electron chi connectivity index (χ0n) is 16.8. The molecule has 0 bridgehead atoms. The summed E-state index contributed by atoms with van der Waals surface area (Å²) in [5, 5.41) is 6.36. The summed E-state index contributed by atoms with van der Waals surface area (Å²) >= 11 is 0. The van der Waals surface area contributed by atoms with E-state index in [0.29, 0.717) is 12.5 Å². The number of carbonyl (C=O) groups excluding carboxylic acids is 1. The van der Waals surface area contributed by atoms with Gasteiger partial charge >= 0.3 is 0 Å². The van der Waals surface area contributed by atoms with E-state index in [-0.39, 0.29) is 36.4 Å². The van der Waals surface area contributed by atoms with Crippen LogP contribution < -0.4 is 15.4 Å². The van der Waals surface area contributed by atoms with E-state index in [1.54, 1.807) is 26.1 Å². The van der Waals surface area contributed by atoms with Gasteiger partial charge < -0.3 is 25.0 Å². The highest BCUT2D eigenvalue weighted by Crippen LogP contribution is 2.11. The first kappa shape index (κ1) is 25.4. The predicted octanol–water partition coefficient (Wildman–Crippen LogP) is 2.25. The number of hydrogen-bond acceptors (Lipinski definition) is 4. The molecule has 7 nitrogen and oxygen atoms in total. The predicted molar refractivity (Wildman–Crippen MR) is 120 cm³/mol. The minimum Gasteiger partial charge on any atom is -0.497 e. The molecule has 8 heteroatoms. The molecule has 1 rings (SSSR count). The van der Waals surface area contributed by atoms with Crippen LogP contribution in [0.3, 0.4) is 0 Å². The molecule has 0 aliphatic carbocycles. The van der Waals surface area contributed by atoms with Crippen LogP contribution in [0.5, 0.6) is 5.75 Å². The molecule has 0 spiro atoms. The van der Waals surface area contributed by atoms with Crippen LogP contribution in [-0.2, 0) is 16.1 Å². The normalized spacial score (nSPS) is 10.7. The minimum atomic E-state index is 0. The molecule has 0 heterocycles. The van der Waals surface area contributed by atoms with E-state index in [1.807, 2.05) is 31.2 Å². The average Bonchev–Trinajstić information content (AvgIpc) is 2.66. The Hall–Kier alpha value is -1.55. The Morgan fingerprint density at radius 3 is 2.44 bits per heavy atom. The van der Waals surface area contributed by atoms with Crippen molar-refractivity contribution in [3.05, 3.63) is 29.8 Å². The molecule has 0 aliphatic rings. The van der Waals surface area contributed by atoms with Gasteiger partial charge in [0.15, 0.2) is 5.96 Å². The first-order valence-electron chi connectivity index (χ1n) is 8.99. The summed E-state index contributed by atoms with van der Waals surface area (Å²) in [5.74, 6) is 1.45. The highest BCUT2D eigenvalue weighted by Gasteiger charge is 2.06. The van der Waals surface area contributed by atoms with Crippen molar-refractivity contribution >= 4 is 35.8 Å². The van der Waals surface area contributed by atoms with Crippen LogP contribution in [0, 0.1) is 0 Å². The molecule has 0 aliphatic heterocycles. The highest BCUT2D eigenvalue weighted by molar-refractivity contribution is 14.0. The van der Waals surface area contributed by atoms with E-state index in [1.165, 1.54) is 0 Å². The van der Waals surface area contributed by atoms with Gasteiger partial charge in [-0.2, -0.15) is 0 Å². The second-order valence-corrected chi connectivity index (χ2v) is 5.99. The lowest BCUT2D eigenvalue weighted by atomic mass is 10.2. The largest absolute Gasteiger partial charge is 0.497 e. The fourth-order valence-corrected chi connectivity index (χ4v) is 2.07. The lowest BCUT2D eigenvalue weighted by Crippen LogP contribution is -2.43. The Balaban J connectivity index is 0.00000676. The summed E-state index contributed by atoms with van der Waals surface area (Å²) in [6.45, 7) is 5.01. The Morgan fingerprint density at radius 2 is 1.85 bits per heavy atom. The van der Waals surface area contributed by atoms with Gasteiger partial charge in [0.25, 0.3) is 0 Å². The zero-order valence-corrected chi connectivity index (χ0v) is 19.1. The minimum absolute atomic E-state index is 0. The average molecular weight is 492 g/mol. The van der Waals surface area contributed by atoms with Crippen LogP contribution in [-0.4, -0.2) is 64.3 Å². The quantitative estimate of drug-likeness (QED) is 0.215. The number of hydrogen-bond donors (Lipinski definition) is 2. The number of methoxy groups -OCH3 is 1. The molecule has 0 radical (unpaired) electrons. The molecule has 1 aromatic rings. The van der Waals surface area contributed by atoms with E-state index >= 15 is 0 Å². The molecule has 2 N–H and O–H groups in total. The van der Waals surface area contributed by atoms with Gasteiger partial charge in [-0.1, -0.05) is 12.1 Å². The highest BCUT2D eigenvalue weighted by atomic mass is 127. The molecule has 0 aromatic heterocycles. The second-order valence-electron chi connectivity index (χ2n) is 5.99. The van der Waals surface area contributed by atoms with Crippen LogP contribution >= 0.6 is 24.0 Å². The van der Waals surface area contributed by atoms with Crippen molar-refractivity contribution in [2.45, 2.75) is 26.3 Å². The number of nitrogens with one attached hydrogen (secondary N) is 2. The monoisotopic (exact) mass is 492 g/mol. The first-order valence-corrected chi connectivity index (χ1v) is 8.99. The van der Waals surface area contributed by atoms with Gasteiger partial charge in [0.05, 0.1) is 20.2 Å². The lowest BCUT2D eigenvalue weighted by Gasteiger charge is -2.15. The van der Waals surface area contributed by atoms with E-state index in [0.717, 1.165) is 43.9 Å². The van der Waals surface area contributed by atoms with Crippen molar-refractivity contribution in [2.24, 2.45) is 4.99 Å². The van der Waals surface area contributed by atoms with Crippen LogP contribution in [0.2, 0.25) is 0 Å². The van der Waals surface area contributed by atoms with Crippen molar-refractivity contribution in [3.8, 4) is 5.75 Å². The summed E-state index contributed by atoms with van der Waals surface area (Å²) in [5.41, 5.74) is 1.07. The molecule has 0 unspecified atom stereocenters. The van der Waals surface area contributed by atoms with E-state index in [2.05, 4.69) is 15.6 Å². The third-order valence-corrected chi connectivity index (χ3v) is 3.70. The third-order valence-electron chi connectivity index (χ3n) is 3.70. The van der Waals surface area contributed by atoms with Gasteiger partial charge in [-0.15, -0.1) is 24.0 Å². The van der Waals surface area contributed by atoms with E-state index in [9.17, 15) is 4.79 Å². The number of guanidine groups is 1. The number of halogens is 1. The third kappa shape index (κ3) is 11.7. The van der Waals surface area contributed by atoms with Crippen molar-refractivity contribution < 1.29 is 14.3 Å². The number of amides is 1. The van der Waals surface area contributed by atoms with Gasteiger partial charge in [-0.05, 0) is 37.5 Å². The molecule has 0 fully saturated rings. The van der Waals surface area contributed by atoms with Crippen LogP contribution in [0.25, 0.3) is 0 Å². The zero-order chi connectivity index (χ0) is 19.2. The molecule has 1 aromatic carbocycles. The first-order chi connectivity index (χ1) is 12.6. The number of ether oxygens (including phenoxy) is 2. The van der Waals surface area contributed by atoms with E-state index < -0.39 is 0 Å². The van der Waals surface area contributed by atoms with Gasteiger partial charge in [0.1, 0.15) is 5.75 Å². The summed E-state index contributed by atoms with van der Waals surface area (Å²) in [4.78, 5) is 17.9. The Bertz CT molecular complexity index is 550. The van der Waals surface area contributed by atoms with Crippen molar-refractivity contribution in [1.82, 2.24) is 15.5 Å². The van der Waals surface area contributed by atoms with Crippen molar-refractivity contribution in [3.63, 3.8) is 0 Å². The molecule has 0 atom stereocenters. The van der Waals surface area contributed by atoms with Crippen molar-refractivity contribution in [1.29, 1.82) is 0 Å². The standard InChI is InChI=1S/C19H32N4O3.HI/c1-5-26-13-7-6-12-20-19(22-15-18(24)23(2)3)21-14-16-8-10-17(25-4)11-9-16;/h8-11H,5-7,12-15H2,1-4H3,(H2,20,21,22);1H. The number of unbranched alkanes of at least 4 members (excludes halogenated alkanes) is 1. The number of nitrogens with zero attached hydrogens (tertiary/aromatic N) is 2. The van der Waals surface area contributed by atoms with Gasteiger partial charge in [0.2, 0.25) is 5.91 Å². The van der Waals surface area contributed by atoms with Crippen LogP contribution in [0.4, 0.5) is 0 Å². The SMILES string of the molecule is CCOCCCCNC(=NCc1ccc(OC)cc1)NCC(=O)N(C)C.I. The maximum absolute atomic E-state index is 11.8. The van der Waals surface area contributed by atoms with Gasteiger partial charge in [-0.25, -0.2) is 4.99 Å². The summed E-state index contributed by atoms with van der Waals surface area (Å²) in [6, 6.07) is 7.78. The molecule has 0 saturated heterocycles. The van der Waals surface area contributed by atoms with Crippen LogP contribution in [0.15, 0.2) is 29.3 Å². The number of carbonyl (C=O) groups is 1. The smallest absolute Gasteiger partial charge is 0.241 e. The topological polar surface area (TPSA) is 75.2 Å². The summed E-state index contributed by atoms with van der Waals surface area (Å²) in [7, 11) is 5.12. The molecule has 0 saturated carbocycles. The molecular formula is C19H33IN4O3. The fourth-order valence-electron chi connectivity index (χ4n) is 2.07. The summed E-state index contributed by atoms with van der Waals surface area (Å²) < 4.78 is 10.5. The molecule has 27 heavy (non-hydrogen) atoms. The maximum Gasteiger partial charge on any atom is 0.241 e. The second kappa shape index (κ2) is 15.5. The Kier molecular flexibility index (Phi) is 14.6. The Labute approximate surface area is 179 Å². The maximum atomic E-state index is 11.8. The lowest BCUT2D eigenvalue weighted by molar-refractivity contribution is -0.127. The number of benzene rings is 1. The fraction of sp³-hybridized carbons (Fsp3) is 0.579. The van der Waals surface area contributed by atoms with E-state index in [4.69, 9.17) is 9.47 Å². The number of aliphatic imine (C=N–C) groups is 1. The van der Waals surface area contributed by atoms with Gasteiger partial charge in [-0.3, -0.25) is 4.79 Å². The molecular weight excluding hydrogens is 459 g/mol. The van der Waals surface area contributed by atoms with Crippen molar-refractivity contribution in [2.75, 3.05) is 47.5 Å². The van der Waals surface area contributed by atoms with Crippen LogP contribution in [0.1, 0.15) is 25.3 Å². The summed E-state index contributed by atoms with van der Waals surface area (Å²) in [6.07, 6.45) is 1.97. The van der Waals surface area contributed by atoms with Gasteiger partial charge in [0, 0.05) is 33.9 Å². The number of rotatable bonds is 11. The Morgan fingerprint density at radius 1 is 1.15 bits per heavy atom. The molecule has 1 amide bonds. The number of likely N-dealkylation sites (N-methyl/N-ethyl adjacent to an activating group) is 1. The molecule has 154 valence electrons.